The van der Waals surface area contributed by atoms with Crippen molar-refractivity contribution < 1.29 is 14.3 Å². The molecular formula is C20H26N4O3S. The number of hydrogen-bond acceptors (Lipinski definition) is 6. The van der Waals surface area contributed by atoms with Gasteiger partial charge < -0.3 is 15.4 Å². The maximum absolute atomic E-state index is 12.2. The molecule has 1 aromatic carbocycles. The Kier molecular flexibility index (Phi) is 7.00. The molecule has 0 saturated carbocycles. The Morgan fingerprint density at radius 3 is 2.96 bits per heavy atom. The average Bonchev–Trinajstić information content (AvgIpc) is 3.12. The lowest BCUT2D eigenvalue weighted by Gasteiger charge is -2.30. The minimum atomic E-state index is -0.355. The number of nitrogens with zero attached hydrogens (tertiary/aromatic N) is 2. The molecule has 1 unspecified atom stereocenters. The first-order chi connectivity index (χ1) is 13.5. The number of hydrogen-bond donors (Lipinski definition) is 2. The van der Waals surface area contributed by atoms with Crippen LogP contribution in [0.1, 0.15) is 35.8 Å². The van der Waals surface area contributed by atoms with Gasteiger partial charge in [0.05, 0.1) is 24.9 Å². The van der Waals surface area contributed by atoms with Crippen molar-refractivity contribution in [3.63, 3.8) is 0 Å². The molecule has 28 heavy (non-hydrogen) atoms. The van der Waals surface area contributed by atoms with Gasteiger partial charge in [-0.1, -0.05) is 19.1 Å². The molecule has 2 aromatic rings. The van der Waals surface area contributed by atoms with Gasteiger partial charge >= 0.3 is 0 Å². The van der Waals surface area contributed by atoms with Crippen LogP contribution in [-0.4, -0.2) is 48.4 Å². The third-order valence-electron chi connectivity index (χ3n) is 4.69. The van der Waals surface area contributed by atoms with Gasteiger partial charge in [0.25, 0.3) is 5.91 Å². The molecule has 3 rings (SSSR count). The number of benzene rings is 1. The molecule has 2 amide bonds. The number of carbonyl (C=O) groups is 2. The Morgan fingerprint density at radius 1 is 1.36 bits per heavy atom. The summed E-state index contributed by atoms with van der Waals surface area (Å²) in [6, 6.07) is 6.89. The lowest BCUT2D eigenvalue weighted by atomic mass is 10.0. The van der Waals surface area contributed by atoms with Gasteiger partial charge in [-0.15, -0.1) is 11.3 Å². The van der Waals surface area contributed by atoms with E-state index in [1.807, 2.05) is 5.38 Å². The number of aromatic nitrogens is 1. The predicted octanol–water partition coefficient (Wildman–Crippen LogP) is 2.75. The van der Waals surface area contributed by atoms with Crippen LogP contribution in [0.2, 0.25) is 0 Å². The number of methoxy groups -OCH3 is 1. The van der Waals surface area contributed by atoms with E-state index in [0.29, 0.717) is 16.4 Å². The zero-order chi connectivity index (χ0) is 19.9. The van der Waals surface area contributed by atoms with Crippen molar-refractivity contribution in [1.29, 1.82) is 0 Å². The van der Waals surface area contributed by atoms with E-state index in [4.69, 9.17) is 4.74 Å². The maximum Gasteiger partial charge on any atom is 0.255 e. The lowest BCUT2D eigenvalue weighted by molar-refractivity contribution is -0.115. The lowest BCUT2D eigenvalue weighted by Crippen LogP contribution is -2.34. The zero-order valence-electron chi connectivity index (χ0n) is 16.2. The number of anilines is 1. The van der Waals surface area contributed by atoms with Gasteiger partial charge in [0.1, 0.15) is 5.75 Å². The van der Waals surface area contributed by atoms with Gasteiger partial charge in [-0.25, -0.2) is 4.98 Å². The fraction of sp³-hybridized carbons (Fsp3) is 0.450. The molecule has 1 atom stereocenters. The largest absolute Gasteiger partial charge is 0.496 e. The average molecular weight is 403 g/mol. The highest BCUT2D eigenvalue weighted by Crippen LogP contribution is 2.21. The molecule has 1 aliphatic heterocycles. The van der Waals surface area contributed by atoms with E-state index in [-0.39, 0.29) is 18.4 Å². The van der Waals surface area contributed by atoms with Gasteiger partial charge in [-0.2, -0.15) is 0 Å². The second-order valence-corrected chi connectivity index (χ2v) is 7.92. The van der Waals surface area contributed by atoms with Crippen molar-refractivity contribution in [3.8, 4) is 5.75 Å². The third-order valence-corrected chi connectivity index (χ3v) is 5.49. The Morgan fingerprint density at radius 2 is 2.18 bits per heavy atom. The Labute approximate surface area is 169 Å². The molecule has 0 spiro atoms. The second-order valence-electron chi connectivity index (χ2n) is 7.06. The van der Waals surface area contributed by atoms with Crippen molar-refractivity contribution in [2.24, 2.45) is 5.92 Å². The number of thiazole rings is 1. The van der Waals surface area contributed by atoms with Crippen molar-refractivity contribution >= 4 is 28.3 Å². The summed E-state index contributed by atoms with van der Waals surface area (Å²) in [7, 11) is 1.50. The first-order valence-corrected chi connectivity index (χ1v) is 10.3. The molecule has 150 valence electrons. The second kappa shape index (κ2) is 9.66. The van der Waals surface area contributed by atoms with Gasteiger partial charge in [-0.05, 0) is 37.4 Å². The monoisotopic (exact) mass is 402 g/mol. The molecule has 8 heteroatoms. The van der Waals surface area contributed by atoms with E-state index in [0.717, 1.165) is 31.2 Å². The highest BCUT2D eigenvalue weighted by atomic mass is 32.1. The fourth-order valence-electron chi connectivity index (χ4n) is 3.35. The summed E-state index contributed by atoms with van der Waals surface area (Å²) >= 11 is 1.40. The van der Waals surface area contributed by atoms with Gasteiger partial charge in [0.15, 0.2) is 5.13 Å². The summed E-state index contributed by atoms with van der Waals surface area (Å²) in [4.78, 5) is 31.3. The highest BCUT2D eigenvalue weighted by molar-refractivity contribution is 7.13. The van der Waals surface area contributed by atoms with Crippen LogP contribution >= 0.6 is 11.3 Å². The third kappa shape index (κ3) is 5.53. The van der Waals surface area contributed by atoms with E-state index < -0.39 is 0 Å². The maximum atomic E-state index is 12.2. The van der Waals surface area contributed by atoms with Crippen molar-refractivity contribution in [3.05, 3.63) is 40.9 Å². The number of carbonyl (C=O) groups excluding carboxylic acids is 2. The number of para-hydroxylation sites is 1. The van der Waals surface area contributed by atoms with E-state index in [9.17, 15) is 9.59 Å². The van der Waals surface area contributed by atoms with E-state index >= 15 is 0 Å². The van der Waals surface area contributed by atoms with Gasteiger partial charge in [0, 0.05) is 18.5 Å². The van der Waals surface area contributed by atoms with Crippen molar-refractivity contribution in [1.82, 2.24) is 15.2 Å². The molecule has 1 aromatic heterocycles. The Hall–Kier alpha value is -2.45. The quantitative estimate of drug-likeness (QED) is 0.744. The SMILES string of the molecule is COc1ccccc1C(=O)NCC(=O)Nc1nc(CN2CCCC(C)C2)cs1. The number of nitrogens with one attached hydrogen (secondary N) is 2. The van der Waals surface area contributed by atoms with Gasteiger partial charge in [-0.3, -0.25) is 14.5 Å². The molecule has 1 saturated heterocycles. The topological polar surface area (TPSA) is 83.6 Å². The predicted molar refractivity (Wildman–Crippen MR) is 110 cm³/mol. The fourth-order valence-corrected chi connectivity index (χ4v) is 4.07. The molecule has 0 bridgehead atoms. The molecule has 2 N–H and O–H groups in total. The van der Waals surface area contributed by atoms with Crippen LogP contribution in [0.15, 0.2) is 29.6 Å². The van der Waals surface area contributed by atoms with Crippen LogP contribution in [0, 0.1) is 5.92 Å². The summed E-state index contributed by atoms with van der Waals surface area (Å²) in [6.07, 6.45) is 2.51. The number of likely N-dealkylation sites (tertiary alicyclic amines) is 1. The van der Waals surface area contributed by atoms with Crippen LogP contribution in [-0.2, 0) is 11.3 Å². The summed E-state index contributed by atoms with van der Waals surface area (Å²) in [5, 5.41) is 7.88. The first-order valence-electron chi connectivity index (χ1n) is 9.43. The smallest absolute Gasteiger partial charge is 0.255 e. The zero-order valence-corrected chi connectivity index (χ0v) is 17.1. The normalized spacial score (nSPS) is 17.1. The molecular weight excluding hydrogens is 376 g/mol. The van der Waals surface area contributed by atoms with Gasteiger partial charge in [0.2, 0.25) is 5.91 Å². The molecule has 7 nitrogen and oxygen atoms in total. The number of piperidine rings is 1. The molecule has 2 heterocycles. The minimum Gasteiger partial charge on any atom is -0.496 e. The first kappa shape index (κ1) is 20.3. The summed E-state index contributed by atoms with van der Waals surface area (Å²) in [5.74, 6) is 0.526. The van der Waals surface area contributed by atoms with Crippen LogP contribution in [0.25, 0.3) is 0 Å². The molecule has 0 radical (unpaired) electrons. The standard InChI is InChI=1S/C20H26N4O3S/c1-14-6-5-9-24(11-14)12-15-13-28-20(22-15)23-18(25)10-21-19(26)16-7-3-4-8-17(16)27-2/h3-4,7-8,13-14H,5-6,9-12H2,1-2H3,(H,21,26)(H,22,23,25). The van der Waals surface area contributed by atoms with E-state index in [1.54, 1.807) is 24.3 Å². The Balaban J connectivity index is 1.47. The minimum absolute atomic E-state index is 0.130. The number of rotatable bonds is 7. The molecule has 1 aliphatic rings. The van der Waals surface area contributed by atoms with Crippen LogP contribution in [0.3, 0.4) is 0 Å². The van der Waals surface area contributed by atoms with Crippen LogP contribution < -0.4 is 15.4 Å². The van der Waals surface area contributed by atoms with Crippen molar-refractivity contribution in [2.45, 2.75) is 26.3 Å². The highest BCUT2D eigenvalue weighted by Gasteiger charge is 2.18. The summed E-state index contributed by atoms with van der Waals surface area (Å²) in [5.41, 5.74) is 1.36. The number of ether oxygens (including phenoxy) is 1. The van der Waals surface area contributed by atoms with Crippen molar-refractivity contribution in [2.75, 3.05) is 32.1 Å². The molecule has 1 fully saturated rings. The van der Waals surface area contributed by atoms with Crippen LogP contribution in [0.4, 0.5) is 5.13 Å². The van der Waals surface area contributed by atoms with Crippen LogP contribution in [0.5, 0.6) is 5.75 Å². The number of amides is 2. The van der Waals surface area contributed by atoms with E-state index in [2.05, 4.69) is 27.4 Å². The molecule has 0 aliphatic carbocycles. The Bertz CT molecular complexity index is 823. The summed E-state index contributed by atoms with van der Waals surface area (Å²) in [6.45, 7) is 5.14. The summed E-state index contributed by atoms with van der Waals surface area (Å²) < 4.78 is 5.17. The van der Waals surface area contributed by atoms with E-state index in [1.165, 1.54) is 31.3 Å².